The van der Waals surface area contributed by atoms with Crippen molar-refractivity contribution in [3.63, 3.8) is 0 Å². The maximum atomic E-state index is 12.5. The molecule has 1 aromatic heterocycles. The minimum atomic E-state index is 0.183. The van der Waals surface area contributed by atoms with Crippen molar-refractivity contribution < 1.29 is 9.32 Å². The Balaban J connectivity index is 1.51. The number of piperazine rings is 1. The first-order chi connectivity index (χ1) is 10.6. The summed E-state index contributed by atoms with van der Waals surface area (Å²) >= 11 is 0. The number of carbonyl (C=O) groups excluding carboxylic acids is 1. The molecule has 1 amide bonds. The van der Waals surface area contributed by atoms with E-state index in [2.05, 4.69) is 15.4 Å². The van der Waals surface area contributed by atoms with Gasteiger partial charge in [0.1, 0.15) is 5.76 Å². The number of hydrogen-bond donors (Lipinski definition) is 1. The molecule has 1 N–H and O–H groups in total. The van der Waals surface area contributed by atoms with Gasteiger partial charge < -0.3 is 14.7 Å². The maximum absolute atomic E-state index is 12.5. The largest absolute Gasteiger partial charge is 0.361 e. The lowest BCUT2D eigenvalue weighted by Gasteiger charge is -2.37. The van der Waals surface area contributed by atoms with E-state index < -0.39 is 0 Å². The van der Waals surface area contributed by atoms with Gasteiger partial charge in [0.25, 0.3) is 0 Å². The van der Waals surface area contributed by atoms with Crippen molar-refractivity contribution in [1.29, 1.82) is 0 Å². The van der Waals surface area contributed by atoms with Gasteiger partial charge in [-0.25, -0.2) is 0 Å². The molecule has 3 rings (SSSR count). The van der Waals surface area contributed by atoms with Gasteiger partial charge in [-0.1, -0.05) is 5.16 Å². The number of hydrogen-bond acceptors (Lipinski definition) is 5. The van der Waals surface area contributed by atoms with Crippen LogP contribution in [0.2, 0.25) is 0 Å². The standard InChI is InChI=1S/C16H26N4O2/c1-12-15(13(2)22-18-12)11-19-6-8-20(9-7-19)16(21)14-4-3-5-17-10-14/h14,17H,3-11H2,1-2H3/t14-/m0/s1. The summed E-state index contributed by atoms with van der Waals surface area (Å²) in [5.74, 6) is 1.43. The molecule has 3 heterocycles. The monoisotopic (exact) mass is 306 g/mol. The number of amides is 1. The highest BCUT2D eigenvalue weighted by Gasteiger charge is 2.28. The number of nitrogens with zero attached hydrogens (tertiary/aromatic N) is 3. The van der Waals surface area contributed by atoms with Crippen molar-refractivity contribution in [3.05, 3.63) is 17.0 Å². The number of carbonyl (C=O) groups is 1. The molecular formula is C16H26N4O2. The molecule has 2 saturated heterocycles. The molecule has 22 heavy (non-hydrogen) atoms. The van der Waals surface area contributed by atoms with E-state index in [9.17, 15) is 4.79 Å². The zero-order valence-electron chi connectivity index (χ0n) is 13.6. The van der Waals surface area contributed by atoms with Gasteiger partial charge in [-0.3, -0.25) is 9.69 Å². The van der Waals surface area contributed by atoms with Crippen molar-refractivity contribution in [3.8, 4) is 0 Å². The Kier molecular flexibility index (Phi) is 4.78. The van der Waals surface area contributed by atoms with Gasteiger partial charge in [0.05, 0.1) is 11.6 Å². The molecule has 2 fully saturated rings. The van der Waals surface area contributed by atoms with E-state index in [4.69, 9.17) is 4.52 Å². The van der Waals surface area contributed by atoms with Crippen LogP contribution in [0, 0.1) is 19.8 Å². The van der Waals surface area contributed by atoms with Crippen LogP contribution in [0.3, 0.4) is 0 Å². The Labute approximate surface area is 131 Å². The molecule has 0 saturated carbocycles. The zero-order valence-corrected chi connectivity index (χ0v) is 13.6. The smallest absolute Gasteiger partial charge is 0.227 e. The van der Waals surface area contributed by atoms with Gasteiger partial charge in [-0.2, -0.15) is 0 Å². The summed E-state index contributed by atoms with van der Waals surface area (Å²) in [6.07, 6.45) is 2.15. The highest BCUT2D eigenvalue weighted by atomic mass is 16.5. The highest BCUT2D eigenvalue weighted by molar-refractivity contribution is 5.79. The van der Waals surface area contributed by atoms with Gasteiger partial charge in [0.2, 0.25) is 5.91 Å². The molecule has 1 aromatic rings. The van der Waals surface area contributed by atoms with Crippen LogP contribution >= 0.6 is 0 Å². The first-order valence-electron chi connectivity index (χ1n) is 8.29. The van der Waals surface area contributed by atoms with Crippen LogP contribution in [-0.2, 0) is 11.3 Å². The molecule has 0 radical (unpaired) electrons. The second-order valence-electron chi connectivity index (χ2n) is 6.45. The maximum Gasteiger partial charge on any atom is 0.227 e. The minimum absolute atomic E-state index is 0.183. The number of aryl methyl sites for hydroxylation is 2. The zero-order chi connectivity index (χ0) is 15.5. The molecule has 122 valence electrons. The fourth-order valence-electron chi connectivity index (χ4n) is 3.40. The third-order valence-corrected chi connectivity index (χ3v) is 4.89. The number of aromatic nitrogens is 1. The lowest BCUT2D eigenvalue weighted by molar-refractivity contribution is -0.137. The second kappa shape index (κ2) is 6.79. The average molecular weight is 306 g/mol. The lowest BCUT2D eigenvalue weighted by Crippen LogP contribution is -2.51. The van der Waals surface area contributed by atoms with Crippen LogP contribution in [0.1, 0.15) is 29.9 Å². The predicted octanol–water partition coefficient (Wildman–Crippen LogP) is 0.935. The van der Waals surface area contributed by atoms with Crippen molar-refractivity contribution in [2.75, 3.05) is 39.3 Å². The van der Waals surface area contributed by atoms with Crippen molar-refractivity contribution in [2.45, 2.75) is 33.2 Å². The van der Waals surface area contributed by atoms with Crippen LogP contribution in [0.15, 0.2) is 4.52 Å². The van der Waals surface area contributed by atoms with Crippen LogP contribution in [0.4, 0.5) is 0 Å². The molecule has 0 spiro atoms. The quantitative estimate of drug-likeness (QED) is 0.900. The van der Waals surface area contributed by atoms with Gasteiger partial charge >= 0.3 is 0 Å². The van der Waals surface area contributed by atoms with E-state index >= 15 is 0 Å². The summed E-state index contributed by atoms with van der Waals surface area (Å²) < 4.78 is 5.23. The summed E-state index contributed by atoms with van der Waals surface area (Å²) in [4.78, 5) is 17.0. The fourth-order valence-corrected chi connectivity index (χ4v) is 3.40. The van der Waals surface area contributed by atoms with E-state index in [-0.39, 0.29) is 5.92 Å². The molecule has 1 atom stereocenters. The van der Waals surface area contributed by atoms with E-state index in [0.717, 1.165) is 70.1 Å². The van der Waals surface area contributed by atoms with Gasteiger partial charge in [0, 0.05) is 44.8 Å². The lowest BCUT2D eigenvalue weighted by atomic mass is 9.98. The van der Waals surface area contributed by atoms with E-state index in [1.807, 2.05) is 18.7 Å². The first kappa shape index (κ1) is 15.5. The van der Waals surface area contributed by atoms with Gasteiger partial charge in [0.15, 0.2) is 0 Å². The molecule has 0 aliphatic carbocycles. The van der Waals surface area contributed by atoms with Crippen LogP contribution in [0.5, 0.6) is 0 Å². The predicted molar refractivity (Wildman–Crippen MR) is 83.4 cm³/mol. The van der Waals surface area contributed by atoms with Gasteiger partial charge in [-0.15, -0.1) is 0 Å². The highest BCUT2D eigenvalue weighted by Crippen LogP contribution is 2.18. The summed E-state index contributed by atoms with van der Waals surface area (Å²) in [5, 5.41) is 7.34. The molecular weight excluding hydrogens is 280 g/mol. The summed E-state index contributed by atoms with van der Waals surface area (Å²) in [6, 6.07) is 0. The molecule has 6 nitrogen and oxygen atoms in total. The SMILES string of the molecule is Cc1noc(C)c1CN1CCN(C(=O)[C@H]2CCCNC2)CC1. The number of piperidine rings is 1. The van der Waals surface area contributed by atoms with Crippen LogP contribution in [-0.4, -0.2) is 60.1 Å². The average Bonchev–Trinajstić information content (AvgIpc) is 2.88. The van der Waals surface area contributed by atoms with Crippen LogP contribution in [0.25, 0.3) is 0 Å². The summed E-state index contributed by atoms with van der Waals surface area (Å²) in [5.41, 5.74) is 2.17. The Morgan fingerprint density at radius 3 is 2.68 bits per heavy atom. The Hall–Kier alpha value is -1.40. The van der Waals surface area contributed by atoms with E-state index in [0.29, 0.717) is 5.91 Å². The fraction of sp³-hybridized carbons (Fsp3) is 0.750. The number of nitrogens with one attached hydrogen (secondary N) is 1. The molecule has 2 aliphatic heterocycles. The topological polar surface area (TPSA) is 61.6 Å². The Bertz CT molecular complexity index is 495. The second-order valence-corrected chi connectivity index (χ2v) is 6.45. The minimum Gasteiger partial charge on any atom is -0.361 e. The van der Waals surface area contributed by atoms with Gasteiger partial charge in [-0.05, 0) is 33.2 Å². The third kappa shape index (κ3) is 3.33. The van der Waals surface area contributed by atoms with Crippen molar-refractivity contribution in [1.82, 2.24) is 20.3 Å². The van der Waals surface area contributed by atoms with Crippen molar-refractivity contribution in [2.24, 2.45) is 5.92 Å². The molecule has 0 bridgehead atoms. The van der Waals surface area contributed by atoms with E-state index in [1.54, 1.807) is 0 Å². The Morgan fingerprint density at radius 2 is 2.09 bits per heavy atom. The van der Waals surface area contributed by atoms with E-state index in [1.165, 1.54) is 5.56 Å². The normalized spacial score (nSPS) is 23.7. The molecule has 6 heteroatoms. The summed E-state index contributed by atoms with van der Waals surface area (Å²) in [6.45, 7) is 10.2. The van der Waals surface area contributed by atoms with Crippen molar-refractivity contribution >= 4 is 5.91 Å². The molecule has 2 aliphatic rings. The summed E-state index contributed by atoms with van der Waals surface area (Å²) in [7, 11) is 0. The Morgan fingerprint density at radius 1 is 1.32 bits per heavy atom. The molecule has 0 unspecified atom stereocenters. The number of rotatable bonds is 3. The molecule has 0 aromatic carbocycles. The first-order valence-corrected chi connectivity index (χ1v) is 8.29. The van der Waals surface area contributed by atoms with Crippen LogP contribution < -0.4 is 5.32 Å². The third-order valence-electron chi connectivity index (χ3n) is 4.89.